The second kappa shape index (κ2) is 6.19. The van der Waals surface area contributed by atoms with E-state index in [-0.39, 0.29) is 30.3 Å². The summed E-state index contributed by atoms with van der Waals surface area (Å²) in [6.45, 7) is 0. The van der Waals surface area contributed by atoms with Gasteiger partial charge in [-0.3, -0.25) is 4.79 Å². The third-order valence-corrected chi connectivity index (χ3v) is 1.97. The molecule has 0 bridgehead atoms. The van der Waals surface area contributed by atoms with Crippen LogP contribution in [0.1, 0.15) is 18.0 Å². The van der Waals surface area contributed by atoms with Gasteiger partial charge in [0.2, 0.25) is 0 Å². The summed E-state index contributed by atoms with van der Waals surface area (Å²) in [5.74, 6) is -0.624. The number of ether oxygens (including phenoxy) is 1. The van der Waals surface area contributed by atoms with Crippen LogP contribution < -0.4 is 5.73 Å². The van der Waals surface area contributed by atoms with Crippen LogP contribution in [0.3, 0.4) is 0 Å². The molecule has 0 aromatic heterocycles. The smallest absolute Gasteiger partial charge is 0.307 e. The highest BCUT2D eigenvalue weighted by atomic mass is 35.5. The van der Waals surface area contributed by atoms with Gasteiger partial charge in [-0.2, -0.15) is 0 Å². The third-order valence-electron chi connectivity index (χ3n) is 1.97. The average Bonchev–Trinajstić information content (AvgIpc) is 2.16. The minimum absolute atomic E-state index is 0. The Labute approximate surface area is 99.2 Å². The number of benzene rings is 1. The predicted molar refractivity (Wildman–Crippen MR) is 60.6 cm³/mol. The fourth-order valence-corrected chi connectivity index (χ4v) is 1.21. The summed E-state index contributed by atoms with van der Waals surface area (Å²) in [5.41, 5.74) is 6.17. The van der Waals surface area contributed by atoms with E-state index in [1.54, 1.807) is 0 Å². The van der Waals surface area contributed by atoms with Crippen LogP contribution in [0.4, 0.5) is 0 Å². The number of aromatic hydroxyl groups is 2. The van der Waals surface area contributed by atoms with Crippen molar-refractivity contribution in [2.24, 2.45) is 5.73 Å². The van der Waals surface area contributed by atoms with Crippen LogP contribution in [0.5, 0.6) is 11.5 Å². The van der Waals surface area contributed by atoms with Crippen molar-refractivity contribution in [2.45, 2.75) is 12.5 Å². The fraction of sp³-hybridized carbons (Fsp3) is 0.300. The molecule has 0 aliphatic carbocycles. The molecule has 0 spiro atoms. The van der Waals surface area contributed by atoms with Gasteiger partial charge in [0.25, 0.3) is 0 Å². The minimum Gasteiger partial charge on any atom is -0.508 e. The Kier molecular flexibility index (Phi) is 5.63. The van der Waals surface area contributed by atoms with Gasteiger partial charge in [0, 0.05) is 12.1 Å². The number of halogens is 1. The van der Waals surface area contributed by atoms with E-state index in [1.807, 2.05) is 0 Å². The van der Waals surface area contributed by atoms with Crippen LogP contribution in [0.15, 0.2) is 18.2 Å². The molecule has 0 saturated heterocycles. The number of carbonyl (C=O) groups excluding carboxylic acids is 1. The molecule has 0 radical (unpaired) electrons. The van der Waals surface area contributed by atoms with Crippen molar-refractivity contribution in [3.63, 3.8) is 0 Å². The summed E-state index contributed by atoms with van der Waals surface area (Å²) in [7, 11) is 1.27. The Hall–Kier alpha value is -1.46. The average molecular weight is 248 g/mol. The van der Waals surface area contributed by atoms with E-state index in [0.717, 1.165) is 0 Å². The van der Waals surface area contributed by atoms with Crippen molar-refractivity contribution in [3.8, 4) is 11.5 Å². The summed E-state index contributed by atoms with van der Waals surface area (Å²) >= 11 is 0. The lowest BCUT2D eigenvalue weighted by Gasteiger charge is -2.11. The first kappa shape index (κ1) is 14.5. The zero-order valence-electron chi connectivity index (χ0n) is 8.71. The molecule has 0 aliphatic heterocycles. The van der Waals surface area contributed by atoms with Crippen LogP contribution in [-0.2, 0) is 9.53 Å². The SMILES string of the molecule is COC(=O)C[C@@H](N)c1cc(O)cc(O)c1.Cl. The molecule has 16 heavy (non-hydrogen) atoms. The van der Waals surface area contributed by atoms with E-state index in [1.165, 1.54) is 25.3 Å². The van der Waals surface area contributed by atoms with Crippen molar-refractivity contribution >= 4 is 18.4 Å². The molecule has 6 heteroatoms. The molecular weight excluding hydrogens is 234 g/mol. The molecule has 4 N–H and O–H groups in total. The first-order chi connectivity index (χ1) is 7.02. The number of phenols is 2. The maximum absolute atomic E-state index is 10.9. The molecule has 5 nitrogen and oxygen atoms in total. The number of hydrogen-bond donors (Lipinski definition) is 3. The Morgan fingerprint density at radius 3 is 2.31 bits per heavy atom. The number of methoxy groups -OCH3 is 1. The number of rotatable bonds is 3. The van der Waals surface area contributed by atoms with Gasteiger partial charge < -0.3 is 20.7 Å². The summed E-state index contributed by atoms with van der Waals surface area (Å²) in [4.78, 5) is 10.9. The molecule has 1 rings (SSSR count). The first-order valence-corrected chi connectivity index (χ1v) is 4.38. The van der Waals surface area contributed by atoms with E-state index in [2.05, 4.69) is 4.74 Å². The molecule has 1 aromatic rings. The number of phenolic OH excluding ortho intramolecular Hbond substituents is 2. The summed E-state index contributed by atoms with van der Waals surface area (Å²) in [5, 5.41) is 18.4. The Balaban J connectivity index is 0.00000225. The van der Waals surface area contributed by atoms with Gasteiger partial charge in [-0.1, -0.05) is 0 Å². The third kappa shape index (κ3) is 3.96. The van der Waals surface area contributed by atoms with Crippen LogP contribution in [0.2, 0.25) is 0 Å². The van der Waals surface area contributed by atoms with Crippen molar-refractivity contribution in [1.29, 1.82) is 0 Å². The van der Waals surface area contributed by atoms with Crippen molar-refractivity contribution in [2.75, 3.05) is 7.11 Å². The topological polar surface area (TPSA) is 92.8 Å². The molecule has 90 valence electrons. The van der Waals surface area contributed by atoms with Crippen LogP contribution in [-0.4, -0.2) is 23.3 Å². The lowest BCUT2D eigenvalue weighted by atomic mass is 10.0. The van der Waals surface area contributed by atoms with Gasteiger partial charge in [-0.05, 0) is 17.7 Å². The highest BCUT2D eigenvalue weighted by molar-refractivity contribution is 5.85. The Bertz CT molecular complexity index is 350. The summed E-state index contributed by atoms with van der Waals surface area (Å²) in [6.07, 6.45) is -0.000602. The molecule has 0 saturated carbocycles. The van der Waals surface area contributed by atoms with Crippen LogP contribution >= 0.6 is 12.4 Å². The predicted octanol–water partition coefficient (Wildman–Crippen LogP) is 1.08. The van der Waals surface area contributed by atoms with Crippen molar-refractivity contribution in [3.05, 3.63) is 23.8 Å². The lowest BCUT2D eigenvalue weighted by molar-refractivity contribution is -0.141. The standard InChI is InChI=1S/C10H13NO4.ClH/c1-15-10(14)5-9(11)6-2-7(12)4-8(13)3-6;/h2-4,9,12-13H,5,11H2,1H3;1H/t9-;/m1./s1. The zero-order valence-corrected chi connectivity index (χ0v) is 9.53. The molecule has 0 fully saturated rings. The first-order valence-electron chi connectivity index (χ1n) is 4.38. The van der Waals surface area contributed by atoms with Crippen molar-refractivity contribution in [1.82, 2.24) is 0 Å². The molecule has 1 aromatic carbocycles. The zero-order chi connectivity index (χ0) is 11.4. The normalized spacial score (nSPS) is 11.4. The summed E-state index contributed by atoms with van der Waals surface area (Å²) < 4.78 is 4.46. The Morgan fingerprint density at radius 1 is 1.38 bits per heavy atom. The van der Waals surface area contributed by atoms with Crippen molar-refractivity contribution < 1.29 is 19.7 Å². The van der Waals surface area contributed by atoms with Gasteiger partial charge in [0.05, 0.1) is 13.5 Å². The maximum atomic E-state index is 10.9. The van der Waals surface area contributed by atoms with Gasteiger partial charge in [0.1, 0.15) is 11.5 Å². The van der Waals surface area contributed by atoms with Gasteiger partial charge in [-0.15, -0.1) is 12.4 Å². The highest BCUT2D eigenvalue weighted by Gasteiger charge is 2.13. The van der Waals surface area contributed by atoms with E-state index < -0.39 is 12.0 Å². The second-order valence-electron chi connectivity index (χ2n) is 3.17. The molecule has 0 amide bonds. The van der Waals surface area contributed by atoms with Gasteiger partial charge in [-0.25, -0.2) is 0 Å². The maximum Gasteiger partial charge on any atom is 0.307 e. The molecular formula is C10H14ClNO4. The molecule has 0 heterocycles. The number of hydrogen-bond acceptors (Lipinski definition) is 5. The monoisotopic (exact) mass is 247 g/mol. The minimum atomic E-state index is -0.601. The fourth-order valence-electron chi connectivity index (χ4n) is 1.21. The second-order valence-corrected chi connectivity index (χ2v) is 3.17. The Morgan fingerprint density at radius 2 is 1.88 bits per heavy atom. The summed E-state index contributed by atoms with van der Waals surface area (Å²) in [6, 6.07) is 3.38. The lowest BCUT2D eigenvalue weighted by Crippen LogP contribution is -2.16. The van der Waals surface area contributed by atoms with Crippen LogP contribution in [0.25, 0.3) is 0 Å². The molecule has 0 aliphatic rings. The number of esters is 1. The van der Waals surface area contributed by atoms with E-state index in [4.69, 9.17) is 5.73 Å². The largest absolute Gasteiger partial charge is 0.508 e. The van der Waals surface area contributed by atoms with E-state index in [0.29, 0.717) is 5.56 Å². The molecule has 0 unspecified atom stereocenters. The van der Waals surface area contributed by atoms with E-state index in [9.17, 15) is 15.0 Å². The van der Waals surface area contributed by atoms with Gasteiger partial charge in [0.15, 0.2) is 0 Å². The van der Waals surface area contributed by atoms with Gasteiger partial charge >= 0.3 is 5.97 Å². The van der Waals surface area contributed by atoms with Crippen LogP contribution in [0, 0.1) is 0 Å². The quantitative estimate of drug-likeness (QED) is 0.695. The molecule has 1 atom stereocenters. The highest BCUT2D eigenvalue weighted by Crippen LogP contribution is 2.25. The van der Waals surface area contributed by atoms with E-state index >= 15 is 0 Å². The number of carbonyl (C=O) groups is 1. The number of nitrogens with two attached hydrogens (primary N) is 1.